The van der Waals surface area contributed by atoms with Crippen LogP contribution in [-0.4, -0.2) is 18.0 Å². The number of hydrogen-bond donors (Lipinski definition) is 1. The highest BCUT2D eigenvalue weighted by Gasteiger charge is 2.08. The van der Waals surface area contributed by atoms with E-state index in [-0.39, 0.29) is 10.6 Å². The summed E-state index contributed by atoms with van der Waals surface area (Å²) in [5, 5.41) is 2.83. The number of nitrogens with one attached hydrogen (secondary N) is 1. The quantitative estimate of drug-likeness (QED) is 0.857. The Hall–Kier alpha value is -1.92. The average Bonchev–Trinajstić information content (AvgIpc) is 2.28. The number of aromatic nitrogens is 1. The zero-order chi connectivity index (χ0) is 13.2. The van der Waals surface area contributed by atoms with Gasteiger partial charge in [-0.05, 0) is 36.8 Å². The summed E-state index contributed by atoms with van der Waals surface area (Å²) in [7, 11) is -4.50. The molecule has 5 nitrogen and oxygen atoms in total. The molecule has 0 aliphatic rings. The fourth-order valence-corrected chi connectivity index (χ4v) is 2.16. The van der Waals surface area contributed by atoms with Crippen molar-refractivity contribution >= 4 is 21.6 Å². The maximum Gasteiger partial charge on any atom is 0.130 e. The van der Waals surface area contributed by atoms with Crippen molar-refractivity contribution in [1.82, 2.24) is 4.98 Å². The normalized spacial score (nSPS) is 11.2. The molecule has 0 aliphatic heterocycles. The van der Waals surface area contributed by atoms with E-state index in [1.807, 2.05) is 13.0 Å². The van der Waals surface area contributed by atoms with Crippen molar-refractivity contribution in [2.75, 3.05) is 5.32 Å². The monoisotopic (exact) mass is 263 g/mol. The van der Waals surface area contributed by atoms with Gasteiger partial charge >= 0.3 is 0 Å². The molecule has 0 atom stereocenters. The lowest BCUT2D eigenvalue weighted by Crippen LogP contribution is -2.04. The van der Waals surface area contributed by atoms with Crippen LogP contribution in [0.15, 0.2) is 47.5 Å². The minimum atomic E-state index is -4.50. The average molecular weight is 263 g/mol. The van der Waals surface area contributed by atoms with Gasteiger partial charge in [0.25, 0.3) is 0 Å². The Morgan fingerprint density at radius 1 is 1.22 bits per heavy atom. The number of pyridine rings is 1. The number of hydrogen-bond acceptors (Lipinski definition) is 5. The maximum atomic E-state index is 11.1. The van der Waals surface area contributed by atoms with Gasteiger partial charge in [-0.3, -0.25) is 0 Å². The highest BCUT2D eigenvalue weighted by Crippen LogP contribution is 2.23. The second-order valence-corrected chi connectivity index (χ2v) is 5.14. The molecule has 1 N–H and O–H groups in total. The predicted molar refractivity (Wildman–Crippen MR) is 66.7 cm³/mol. The van der Waals surface area contributed by atoms with Crippen LogP contribution in [0.2, 0.25) is 0 Å². The van der Waals surface area contributed by atoms with E-state index in [0.29, 0.717) is 5.82 Å². The maximum absolute atomic E-state index is 11.1. The Balaban J connectivity index is 2.41. The summed E-state index contributed by atoms with van der Waals surface area (Å²) < 4.78 is 33.3. The standard InChI is InChI=1S/C12H12N2O3S/c1-9-6-7-13-12(8-9)14-10-4-2-3-5-11(10)18(15,16)17/h2-8H,1H3,(H,13,14)(H,15,16,17)/p-1. The molecule has 1 aromatic carbocycles. The zero-order valence-corrected chi connectivity index (χ0v) is 10.4. The third-order valence-corrected chi connectivity index (χ3v) is 3.23. The molecule has 0 amide bonds. The smallest absolute Gasteiger partial charge is 0.130 e. The molecule has 1 aromatic heterocycles. The first-order valence-electron chi connectivity index (χ1n) is 5.21. The Morgan fingerprint density at radius 2 is 1.94 bits per heavy atom. The largest absolute Gasteiger partial charge is 0.744 e. The molecule has 0 radical (unpaired) electrons. The number of nitrogens with zero attached hydrogens (tertiary/aromatic N) is 1. The molecule has 2 rings (SSSR count). The lowest BCUT2D eigenvalue weighted by Gasteiger charge is -2.14. The van der Waals surface area contributed by atoms with Crippen molar-refractivity contribution in [3.05, 3.63) is 48.2 Å². The Kier molecular flexibility index (Phi) is 3.31. The fourth-order valence-electron chi connectivity index (χ4n) is 1.53. The van der Waals surface area contributed by atoms with Crippen molar-refractivity contribution in [2.45, 2.75) is 11.8 Å². The van der Waals surface area contributed by atoms with E-state index >= 15 is 0 Å². The zero-order valence-electron chi connectivity index (χ0n) is 9.62. The molecule has 0 saturated heterocycles. The molecule has 0 bridgehead atoms. The summed E-state index contributed by atoms with van der Waals surface area (Å²) in [6, 6.07) is 9.51. The van der Waals surface area contributed by atoms with E-state index in [4.69, 9.17) is 0 Å². The molecule has 1 heterocycles. The number of aryl methyl sites for hydroxylation is 1. The van der Waals surface area contributed by atoms with Crippen molar-refractivity contribution in [2.24, 2.45) is 0 Å². The third kappa shape index (κ3) is 2.85. The van der Waals surface area contributed by atoms with Crippen LogP contribution in [0.5, 0.6) is 0 Å². The Bertz CT molecular complexity index is 669. The van der Waals surface area contributed by atoms with Crippen molar-refractivity contribution < 1.29 is 13.0 Å². The molecule has 0 unspecified atom stereocenters. The van der Waals surface area contributed by atoms with Crippen LogP contribution in [-0.2, 0) is 10.1 Å². The minimum Gasteiger partial charge on any atom is -0.744 e. The SMILES string of the molecule is Cc1ccnc(Nc2ccccc2S(=O)(=O)[O-])c1. The molecule has 0 aliphatic carbocycles. The van der Waals surface area contributed by atoms with Crippen LogP contribution in [0.3, 0.4) is 0 Å². The molecular formula is C12H11N2O3S-. The summed E-state index contributed by atoms with van der Waals surface area (Å²) in [5.74, 6) is 0.492. The van der Waals surface area contributed by atoms with Crippen LogP contribution in [0, 0.1) is 6.92 Å². The fraction of sp³-hybridized carbons (Fsp3) is 0.0833. The van der Waals surface area contributed by atoms with E-state index in [1.165, 1.54) is 18.2 Å². The van der Waals surface area contributed by atoms with E-state index in [2.05, 4.69) is 10.3 Å². The lowest BCUT2D eigenvalue weighted by molar-refractivity contribution is 0.463. The molecule has 0 fully saturated rings. The van der Waals surface area contributed by atoms with E-state index < -0.39 is 10.1 Å². The Morgan fingerprint density at radius 3 is 2.61 bits per heavy atom. The van der Waals surface area contributed by atoms with E-state index in [0.717, 1.165) is 5.56 Å². The van der Waals surface area contributed by atoms with Gasteiger partial charge in [0.2, 0.25) is 0 Å². The van der Waals surface area contributed by atoms with Gasteiger partial charge in [-0.1, -0.05) is 12.1 Å². The summed E-state index contributed by atoms with van der Waals surface area (Å²) in [6.07, 6.45) is 1.60. The number of rotatable bonds is 3. The molecule has 0 spiro atoms. The van der Waals surface area contributed by atoms with Gasteiger partial charge < -0.3 is 9.87 Å². The van der Waals surface area contributed by atoms with Crippen molar-refractivity contribution in [3.63, 3.8) is 0 Å². The molecule has 2 aromatic rings. The molecule has 94 valence electrons. The first-order chi connectivity index (χ1) is 8.47. The van der Waals surface area contributed by atoms with Crippen LogP contribution < -0.4 is 5.32 Å². The first kappa shape index (κ1) is 12.5. The molecular weight excluding hydrogens is 252 g/mol. The van der Waals surface area contributed by atoms with Gasteiger partial charge in [-0.15, -0.1) is 0 Å². The summed E-state index contributed by atoms with van der Waals surface area (Å²) in [6.45, 7) is 1.89. The number of benzene rings is 1. The second-order valence-electron chi connectivity index (χ2n) is 3.79. The lowest BCUT2D eigenvalue weighted by atomic mass is 10.3. The van der Waals surface area contributed by atoms with Gasteiger partial charge in [0.05, 0.1) is 10.6 Å². The topological polar surface area (TPSA) is 82.1 Å². The number of anilines is 2. The van der Waals surface area contributed by atoms with Crippen LogP contribution in [0.4, 0.5) is 11.5 Å². The summed E-state index contributed by atoms with van der Waals surface area (Å²) in [4.78, 5) is 3.77. The summed E-state index contributed by atoms with van der Waals surface area (Å²) >= 11 is 0. The van der Waals surface area contributed by atoms with Crippen molar-refractivity contribution in [1.29, 1.82) is 0 Å². The molecule has 0 saturated carbocycles. The van der Waals surface area contributed by atoms with Gasteiger partial charge in [0, 0.05) is 6.20 Å². The van der Waals surface area contributed by atoms with Crippen molar-refractivity contribution in [3.8, 4) is 0 Å². The second kappa shape index (κ2) is 4.75. The Labute approximate surface area is 105 Å². The van der Waals surface area contributed by atoms with Gasteiger partial charge in [-0.25, -0.2) is 13.4 Å². The summed E-state index contributed by atoms with van der Waals surface area (Å²) in [5.41, 5.74) is 1.21. The predicted octanol–water partition coefficient (Wildman–Crippen LogP) is 2.04. The highest BCUT2D eigenvalue weighted by molar-refractivity contribution is 7.86. The van der Waals surface area contributed by atoms with E-state index in [1.54, 1.807) is 18.3 Å². The van der Waals surface area contributed by atoms with Crippen LogP contribution in [0.25, 0.3) is 0 Å². The minimum absolute atomic E-state index is 0.227. The molecule has 18 heavy (non-hydrogen) atoms. The van der Waals surface area contributed by atoms with Crippen LogP contribution in [0.1, 0.15) is 5.56 Å². The van der Waals surface area contributed by atoms with Gasteiger partial charge in [0.1, 0.15) is 15.9 Å². The molecule has 6 heteroatoms. The van der Waals surface area contributed by atoms with E-state index in [9.17, 15) is 13.0 Å². The third-order valence-electron chi connectivity index (χ3n) is 2.33. The first-order valence-corrected chi connectivity index (χ1v) is 6.62. The highest BCUT2D eigenvalue weighted by atomic mass is 32.2. The number of para-hydroxylation sites is 1. The van der Waals surface area contributed by atoms with Gasteiger partial charge in [0.15, 0.2) is 0 Å². The van der Waals surface area contributed by atoms with Crippen LogP contribution >= 0.6 is 0 Å². The van der Waals surface area contributed by atoms with Gasteiger partial charge in [-0.2, -0.15) is 0 Å².